The lowest BCUT2D eigenvalue weighted by Gasteiger charge is -2.05. The fraction of sp³-hybridized carbons (Fsp3) is 0.0909. The predicted molar refractivity (Wildman–Crippen MR) is 63.1 cm³/mol. The molecule has 82 valence electrons. The van der Waals surface area contributed by atoms with Gasteiger partial charge in [-0.05, 0) is 12.1 Å². The maximum absolute atomic E-state index is 11.7. The van der Waals surface area contributed by atoms with Gasteiger partial charge in [-0.2, -0.15) is 0 Å². The molecule has 0 aliphatic rings. The van der Waals surface area contributed by atoms with Crippen LogP contribution < -0.4 is 10.1 Å². The smallest absolute Gasteiger partial charge is 0.275 e. The lowest BCUT2D eigenvalue weighted by Crippen LogP contribution is -2.11. The average molecular weight is 234 g/mol. The molecular weight excluding hydrogens is 224 g/mol. The number of ether oxygens (including phenoxy) is 1. The molecule has 5 heteroatoms. The molecule has 0 fully saturated rings. The Labute approximate surface area is 96.9 Å². The molecule has 0 spiro atoms. The highest BCUT2D eigenvalue weighted by Gasteiger charge is 2.07. The zero-order chi connectivity index (χ0) is 11.4. The Hall–Kier alpha value is -1.88. The summed E-state index contributed by atoms with van der Waals surface area (Å²) in [7, 11) is 1.58. The lowest BCUT2D eigenvalue weighted by molar-refractivity contribution is 0.102. The van der Waals surface area contributed by atoms with Crippen molar-refractivity contribution in [2.75, 3.05) is 12.4 Å². The van der Waals surface area contributed by atoms with Gasteiger partial charge in [0.1, 0.15) is 11.4 Å². The van der Waals surface area contributed by atoms with Crippen LogP contribution in [0.2, 0.25) is 0 Å². The van der Waals surface area contributed by atoms with Crippen molar-refractivity contribution in [1.82, 2.24) is 4.98 Å². The normalized spacial score (nSPS) is 9.81. The van der Waals surface area contributed by atoms with Gasteiger partial charge in [0.25, 0.3) is 5.91 Å². The summed E-state index contributed by atoms with van der Waals surface area (Å²) in [5.74, 6) is 0.491. The zero-order valence-corrected chi connectivity index (χ0v) is 9.45. The Morgan fingerprint density at radius 3 is 3.06 bits per heavy atom. The van der Waals surface area contributed by atoms with Gasteiger partial charge in [0, 0.05) is 17.1 Å². The molecule has 1 N–H and O–H groups in total. The molecule has 16 heavy (non-hydrogen) atoms. The number of nitrogens with one attached hydrogen (secondary N) is 1. The maximum Gasteiger partial charge on any atom is 0.275 e. The lowest BCUT2D eigenvalue weighted by atomic mass is 10.3. The third-order valence-electron chi connectivity index (χ3n) is 1.99. The quantitative estimate of drug-likeness (QED) is 0.887. The molecule has 0 saturated carbocycles. The molecule has 0 atom stereocenters. The second-order valence-electron chi connectivity index (χ2n) is 3.06. The Morgan fingerprint density at radius 1 is 1.50 bits per heavy atom. The van der Waals surface area contributed by atoms with Crippen LogP contribution in [-0.4, -0.2) is 18.0 Å². The molecular formula is C11H10N2O2S. The molecule has 1 heterocycles. The summed E-state index contributed by atoms with van der Waals surface area (Å²) in [6.07, 6.45) is 0. The Kier molecular flexibility index (Phi) is 3.16. The van der Waals surface area contributed by atoms with Gasteiger partial charge in [0.15, 0.2) is 0 Å². The Morgan fingerprint density at radius 2 is 2.38 bits per heavy atom. The first kappa shape index (κ1) is 10.6. The van der Waals surface area contributed by atoms with Gasteiger partial charge in [0.05, 0.1) is 12.6 Å². The van der Waals surface area contributed by atoms with Gasteiger partial charge in [-0.15, -0.1) is 11.3 Å². The largest absolute Gasteiger partial charge is 0.497 e. The van der Waals surface area contributed by atoms with Crippen molar-refractivity contribution in [3.8, 4) is 5.75 Å². The Bertz CT molecular complexity index is 482. The number of aromatic nitrogens is 1. The second kappa shape index (κ2) is 4.76. The standard InChI is InChI=1S/C11H10N2O2S/c1-15-9-4-2-3-8(5-9)13-11(14)10-6-16-7-12-10/h2-7H,1H3,(H,13,14). The van der Waals surface area contributed by atoms with E-state index >= 15 is 0 Å². The van der Waals surface area contributed by atoms with E-state index in [0.717, 1.165) is 0 Å². The number of anilines is 1. The van der Waals surface area contributed by atoms with Crippen molar-refractivity contribution in [1.29, 1.82) is 0 Å². The third kappa shape index (κ3) is 2.38. The van der Waals surface area contributed by atoms with Crippen LogP contribution in [0.15, 0.2) is 35.2 Å². The number of carbonyl (C=O) groups is 1. The SMILES string of the molecule is COc1cccc(NC(=O)c2cscn2)c1. The molecule has 1 aromatic heterocycles. The molecule has 0 aliphatic carbocycles. The second-order valence-corrected chi connectivity index (χ2v) is 3.78. The molecule has 1 amide bonds. The number of thiazole rings is 1. The van der Waals surface area contributed by atoms with E-state index < -0.39 is 0 Å². The predicted octanol–water partition coefficient (Wildman–Crippen LogP) is 2.40. The minimum atomic E-state index is -0.213. The minimum Gasteiger partial charge on any atom is -0.497 e. The van der Waals surface area contributed by atoms with Crippen LogP contribution in [0.25, 0.3) is 0 Å². The minimum absolute atomic E-state index is 0.213. The maximum atomic E-state index is 11.7. The van der Waals surface area contributed by atoms with E-state index in [1.165, 1.54) is 11.3 Å². The molecule has 0 aliphatic heterocycles. The summed E-state index contributed by atoms with van der Waals surface area (Å²) in [5.41, 5.74) is 2.74. The highest BCUT2D eigenvalue weighted by Crippen LogP contribution is 2.17. The van der Waals surface area contributed by atoms with Gasteiger partial charge in [-0.3, -0.25) is 4.79 Å². The van der Waals surface area contributed by atoms with E-state index in [9.17, 15) is 4.79 Å². The first-order valence-electron chi connectivity index (χ1n) is 4.63. The van der Waals surface area contributed by atoms with E-state index in [0.29, 0.717) is 17.1 Å². The fourth-order valence-corrected chi connectivity index (χ4v) is 1.75. The molecule has 1 aromatic carbocycles. The van der Waals surface area contributed by atoms with E-state index in [-0.39, 0.29) is 5.91 Å². The first-order valence-corrected chi connectivity index (χ1v) is 5.57. The first-order chi connectivity index (χ1) is 7.79. The van der Waals surface area contributed by atoms with Crippen molar-refractivity contribution < 1.29 is 9.53 Å². The van der Waals surface area contributed by atoms with Crippen molar-refractivity contribution in [3.63, 3.8) is 0 Å². The summed E-state index contributed by atoms with van der Waals surface area (Å²) >= 11 is 1.39. The van der Waals surface area contributed by atoms with Crippen LogP contribution in [-0.2, 0) is 0 Å². The number of nitrogens with zero attached hydrogens (tertiary/aromatic N) is 1. The van der Waals surface area contributed by atoms with Gasteiger partial charge < -0.3 is 10.1 Å². The van der Waals surface area contributed by atoms with Crippen LogP contribution in [0.3, 0.4) is 0 Å². The number of amides is 1. The average Bonchev–Trinajstić information content (AvgIpc) is 2.83. The topological polar surface area (TPSA) is 51.2 Å². The Balaban J connectivity index is 2.12. The highest BCUT2D eigenvalue weighted by molar-refractivity contribution is 7.07. The molecule has 0 radical (unpaired) electrons. The van der Waals surface area contributed by atoms with E-state index in [2.05, 4.69) is 10.3 Å². The number of methoxy groups -OCH3 is 1. The number of hydrogen-bond acceptors (Lipinski definition) is 4. The van der Waals surface area contributed by atoms with Gasteiger partial charge in [0.2, 0.25) is 0 Å². The van der Waals surface area contributed by atoms with Crippen molar-refractivity contribution in [2.45, 2.75) is 0 Å². The fourth-order valence-electron chi connectivity index (χ4n) is 1.22. The number of rotatable bonds is 3. The summed E-state index contributed by atoms with van der Waals surface area (Å²) in [5, 5.41) is 4.45. The third-order valence-corrected chi connectivity index (χ3v) is 2.58. The van der Waals surface area contributed by atoms with Crippen molar-refractivity contribution in [2.24, 2.45) is 0 Å². The van der Waals surface area contributed by atoms with Crippen LogP contribution >= 0.6 is 11.3 Å². The van der Waals surface area contributed by atoms with Crippen LogP contribution in [0.5, 0.6) is 5.75 Å². The number of hydrogen-bond donors (Lipinski definition) is 1. The van der Waals surface area contributed by atoms with Crippen LogP contribution in [0.1, 0.15) is 10.5 Å². The number of benzene rings is 1. The van der Waals surface area contributed by atoms with Gasteiger partial charge in [-0.25, -0.2) is 4.98 Å². The summed E-state index contributed by atoms with van der Waals surface area (Å²) in [4.78, 5) is 15.6. The summed E-state index contributed by atoms with van der Waals surface area (Å²) in [6.45, 7) is 0. The number of carbonyl (C=O) groups excluding carboxylic acids is 1. The molecule has 2 rings (SSSR count). The molecule has 0 saturated heterocycles. The van der Waals surface area contributed by atoms with Crippen molar-refractivity contribution in [3.05, 3.63) is 40.8 Å². The summed E-state index contributed by atoms with van der Waals surface area (Å²) in [6, 6.07) is 7.19. The van der Waals surface area contributed by atoms with Crippen molar-refractivity contribution >= 4 is 22.9 Å². The van der Waals surface area contributed by atoms with E-state index in [4.69, 9.17) is 4.74 Å². The van der Waals surface area contributed by atoms with Crippen LogP contribution in [0, 0.1) is 0 Å². The van der Waals surface area contributed by atoms with Gasteiger partial charge >= 0.3 is 0 Å². The van der Waals surface area contributed by atoms with Gasteiger partial charge in [-0.1, -0.05) is 6.07 Å². The molecule has 0 bridgehead atoms. The molecule has 0 unspecified atom stereocenters. The monoisotopic (exact) mass is 234 g/mol. The molecule has 4 nitrogen and oxygen atoms in total. The van der Waals surface area contributed by atoms with E-state index in [1.807, 2.05) is 12.1 Å². The zero-order valence-electron chi connectivity index (χ0n) is 8.64. The summed E-state index contributed by atoms with van der Waals surface area (Å²) < 4.78 is 5.06. The molecule has 2 aromatic rings. The van der Waals surface area contributed by atoms with Crippen LogP contribution in [0.4, 0.5) is 5.69 Å². The highest BCUT2D eigenvalue weighted by atomic mass is 32.1. The van der Waals surface area contributed by atoms with E-state index in [1.54, 1.807) is 30.1 Å².